The van der Waals surface area contributed by atoms with Crippen LogP contribution in [0.3, 0.4) is 0 Å². The Balaban J connectivity index is 3.21. The van der Waals surface area contributed by atoms with Crippen LogP contribution in [0.2, 0.25) is 0 Å². The summed E-state index contributed by atoms with van der Waals surface area (Å²) >= 11 is 0. The molecule has 0 bridgehead atoms. The number of aliphatic carboxylic acids is 1. The van der Waals surface area contributed by atoms with Gasteiger partial charge >= 0.3 is 5.97 Å². The molecule has 0 aromatic carbocycles. The molecule has 0 aliphatic carbocycles. The van der Waals surface area contributed by atoms with Gasteiger partial charge < -0.3 is 10.2 Å². The molecule has 208 valence electrons. The monoisotopic (exact) mass is 494 g/mol. The SMILES string of the molecule is CCCCCCCCCCCC=CCCCCCC(O)CCCCCCCCCCCCC(=O)O. The highest BCUT2D eigenvalue weighted by Crippen LogP contribution is 2.15. The molecule has 0 rings (SSSR count). The van der Waals surface area contributed by atoms with Gasteiger partial charge in [-0.05, 0) is 44.9 Å². The van der Waals surface area contributed by atoms with Gasteiger partial charge in [0.25, 0.3) is 0 Å². The first-order chi connectivity index (χ1) is 17.2. The molecule has 3 nitrogen and oxygen atoms in total. The fourth-order valence-electron chi connectivity index (χ4n) is 4.84. The summed E-state index contributed by atoms with van der Waals surface area (Å²) in [5.41, 5.74) is 0. The van der Waals surface area contributed by atoms with E-state index in [2.05, 4.69) is 19.1 Å². The minimum atomic E-state index is -0.669. The van der Waals surface area contributed by atoms with Crippen LogP contribution in [0.5, 0.6) is 0 Å². The summed E-state index contributed by atoms with van der Waals surface area (Å²) < 4.78 is 0. The van der Waals surface area contributed by atoms with Gasteiger partial charge in [-0.15, -0.1) is 0 Å². The Morgan fingerprint density at radius 3 is 1.31 bits per heavy atom. The number of carboxylic acids is 1. The maximum atomic E-state index is 10.5. The maximum Gasteiger partial charge on any atom is 0.303 e. The highest BCUT2D eigenvalue weighted by atomic mass is 16.4. The smallest absolute Gasteiger partial charge is 0.303 e. The first-order valence-corrected chi connectivity index (χ1v) is 15.7. The second-order valence-corrected chi connectivity index (χ2v) is 10.8. The Morgan fingerprint density at radius 2 is 0.886 bits per heavy atom. The molecule has 0 aliphatic rings. The minimum Gasteiger partial charge on any atom is -0.481 e. The van der Waals surface area contributed by atoms with Crippen molar-refractivity contribution in [1.82, 2.24) is 0 Å². The van der Waals surface area contributed by atoms with Crippen molar-refractivity contribution >= 4 is 5.97 Å². The number of hydrogen-bond acceptors (Lipinski definition) is 2. The number of aliphatic hydroxyl groups excluding tert-OH is 1. The van der Waals surface area contributed by atoms with Crippen LogP contribution in [0.15, 0.2) is 12.2 Å². The van der Waals surface area contributed by atoms with Crippen molar-refractivity contribution in [2.24, 2.45) is 0 Å². The second-order valence-electron chi connectivity index (χ2n) is 10.8. The van der Waals surface area contributed by atoms with Crippen LogP contribution < -0.4 is 0 Å². The zero-order chi connectivity index (χ0) is 25.7. The van der Waals surface area contributed by atoms with Crippen molar-refractivity contribution in [2.75, 3.05) is 0 Å². The van der Waals surface area contributed by atoms with E-state index >= 15 is 0 Å². The molecule has 0 spiro atoms. The number of rotatable bonds is 29. The van der Waals surface area contributed by atoms with Crippen LogP contribution >= 0.6 is 0 Å². The van der Waals surface area contributed by atoms with Gasteiger partial charge in [0.1, 0.15) is 0 Å². The first-order valence-electron chi connectivity index (χ1n) is 15.7. The van der Waals surface area contributed by atoms with E-state index in [9.17, 15) is 9.90 Å². The highest BCUT2D eigenvalue weighted by Gasteiger charge is 2.03. The Bertz CT molecular complexity index is 446. The van der Waals surface area contributed by atoms with E-state index in [-0.39, 0.29) is 6.10 Å². The van der Waals surface area contributed by atoms with Gasteiger partial charge in [-0.3, -0.25) is 4.79 Å². The molecule has 0 radical (unpaired) electrons. The predicted octanol–water partition coefficient (Wildman–Crippen LogP) is 10.5. The van der Waals surface area contributed by atoms with Gasteiger partial charge in [-0.25, -0.2) is 0 Å². The van der Waals surface area contributed by atoms with Crippen molar-refractivity contribution in [3.8, 4) is 0 Å². The predicted molar refractivity (Wildman–Crippen MR) is 153 cm³/mol. The van der Waals surface area contributed by atoms with Crippen molar-refractivity contribution in [1.29, 1.82) is 0 Å². The Labute approximate surface area is 219 Å². The van der Waals surface area contributed by atoms with Gasteiger partial charge in [-0.2, -0.15) is 0 Å². The summed E-state index contributed by atoms with van der Waals surface area (Å²) in [7, 11) is 0. The standard InChI is InChI=1S/C32H62O3/c1-2-3-4-5-6-7-8-9-10-11-12-13-16-19-22-25-28-31(33)29-26-23-20-17-14-15-18-21-24-27-30-32(34)35/h12-13,31,33H,2-11,14-30H2,1H3,(H,34,35). The van der Waals surface area contributed by atoms with E-state index in [0.717, 1.165) is 32.1 Å². The average Bonchev–Trinajstić information content (AvgIpc) is 2.84. The molecule has 0 aliphatic heterocycles. The van der Waals surface area contributed by atoms with Crippen molar-refractivity contribution in [3.63, 3.8) is 0 Å². The fraction of sp³-hybridized carbons (Fsp3) is 0.906. The molecule has 35 heavy (non-hydrogen) atoms. The zero-order valence-electron chi connectivity index (χ0n) is 23.6. The molecule has 2 N–H and O–H groups in total. The molecular formula is C32H62O3. The van der Waals surface area contributed by atoms with E-state index in [4.69, 9.17) is 5.11 Å². The van der Waals surface area contributed by atoms with E-state index in [0.29, 0.717) is 6.42 Å². The van der Waals surface area contributed by atoms with Crippen molar-refractivity contribution in [3.05, 3.63) is 12.2 Å². The summed E-state index contributed by atoms with van der Waals surface area (Å²) in [6.07, 6.45) is 37.6. The summed E-state index contributed by atoms with van der Waals surface area (Å²) in [6, 6.07) is 0. The quantitative estimate of drug-likeness (QED) is 0.0802. The molecule has 0 saturated carbocycles. The number of unbranched alkanes of at least 4 members (excludes halogenated alkanes) is 21. The molecule has 0 aromatic heterocycles. The van der Waals surface area contributed by atoms with Crippen LogP contribution in [0.1, 0.15) is 180 Å². The molecule has 0 saturated heterocycles. The maximum absolute atomic E-state index is 10.5. The van der Waals surface area contributed by atoms with Crippen LogP contribution in [0.25, 0.3) is 0 Å². The Kier molecular flexibility index (Phi) is 28.7. The van der Waals surface area contributed by atoms with Crippen LogP contribution in [0.4, 0.5) is 0 Å². The van der Waals surface area contributed by atoms with E-state index in [1.165, 1.54) is 135 Å². The Hall–Kier alpha value is -0.830. The third-order valence-corrected chi connectivity index (χ3v) is 7.23. The normalized spacial score (nSPS) is 12.5. The van der Waals surface area contributed by atoms with Gasteiger partial charge in [-0.1, -0.05) is 141 Å². The molecule has 3 heteroatoms. The number of hydrogen-bond donors (Lipinski definition) is 2. The molecule has 1 unspecified atom stereocenters. The number of carboxylic acid groups (broad SMARTS) is 1. The van der Waals surface area contributed by atoms with Crippen molar-refractivity contribution in [2.45, 2.75) is 186 Å². The first kappa shape index (κ1) is 34.2. The van der Waals surface area contributed by atoms with Crippen LogP contribution in [-0.2, 0) is 4.79 Å². The van der Waals surface area contributed by atoms with Gasteiger partial charge in [0.05, 0.1) is 6.10 Å². The molecular weight excluding hydrogens is 432 g/mol. The number of allylic oxidation sites excluding steroid dienone is 2. The third kappa shape index (κ3) is 31.1. The van der Waals surface area contributed by atoms with Crippen LogP contribution in [0, 0.1) is 0 Å². The van der Waals surface area contributed by atoms with E-state index in [1.54, 1.807) is 0 Å². The summed E-state index contributed by atoms with van der Waals surface area (Å²) in [4.78, 5) is 10.5. The lowest BCUT2D eigenvalue weighted by Gasteiger charge is -2.10. The molecule has 0 heterocycles. The Morgan fingerprint density at radius 1 is 0.543 bits per heavy atom. The topological polar surface area (TPSA) is 57.5 Å². The molecule has 0 fully saturated rings. The largest absolute Gasteiger partial charge is 0.481 e. The van der Waals surface area contributed by atoms with Crippen molar-refractivity contribution < 1.29 is 15.0 Å². The molecule has 0 amide bonds. The van der Waals surface area contributed by atoms with Gasteiger partial charge in [0.2, 0.25) is 0 Å². The third-order valence-electron chi connectivity index (χ3n) is 7.23. The summed E-state index contributed by atoms with van der Waals surface area (Å²) in [5.74, 6) is -0.669. The van der Waals surface area contributed by atoms with Gasteiger partial charge in [0, 0.05) is 6.42 Å². The molecule has 0 aromatic rings. The minimum absolute atomic E-state index is 0.0945. The lowest BCUT2D eigenvalue weighted by atomic mass is 10.0. The highest BCUT2D eigenvalue weighted by molar-refractivity contribution is 5.66. The number of carbonyl (C=O) groups is 1. The average molecular weight is 495 g/mol. The second kappa shape index (κ2) is 29.4. The van der Waals surface area contributed by atoms with Gasteiger partial charge in [0.15, 0.2) is 0 Å². The van der Waals surface area contributed by atoms with E-state index in [1.807, 2.05) is 0 Å². The summed E-state index contributed by atoms with van der Waals surface area (Å²) in [6.45, 7) is 2.28. The zero-order valence-corrected chi connectivity index (χ0v) is 23.6. The molecule has 1 atom stereocenters. The fourth-order valence-corrected chi connectivity index (χ4v) is 4.84. The lowest BCUT2D eigenvalue weighted by molar-refractivity contribution is -0.137. The van der Waals surface area contributed by atoms with E-state index < -0.39 is 5.97 Å². The number of aliphatic hydroxyl groups is 1. The summed E-state index contributed by atoms with van der Waals surface area (Å²) in [5, 5.41) is 18.8. The lowest BCUT2D eigenvalue weighted by Crippen LogP contribution is -2.05. The van der Waals surface area contributed by atoms with Crippen LogP contribution in [-0.4, -0.2) is 22.3 Å².